The number of nitrogens with one attached hydrogen (secondary N) is 3. The summed E-state index contributed by atoms with van der Waals surface area (Å²) < 4.78 is 13.4. The first-order valence-corrected chi connectivity index (χ1v) is 7.12. The molecule has 0 unspecified atom stereocenters. The summed E-state index contributed by atoms with van der Waals surface area (Å²) in [4.78, 5) is 23.5. The monoisotopic (exact) mass is 315 g/mol. The van der Waals surface area contributed by atoms with Crippen LogP contribution in [0.5, 0.6) is 0 Å². The molecule has 0 aliphatic carbocycles. The van der Waals surface area contributed by atoms with Crippen molar-refractivity contribution in [1.82, 2.24) is 10.9 Å². The molecule has 2 aromatic rings. The van der Waals surface area contributed by atoms with Gasteiger partial charge in [0.1, 0.15) is 5.82 Å². The second kappa shape index (κ2) is 7.40. The van der Waals surface area contributed by atoms with Crippen LogP contribution in [0.25, 0.3) is 0 Å². The van der Waals surface area contributed by atoms with Crippen molar-refractivity contribution in [3.05, 3.63) is 65.0 Å². The van der Waals surface area contributed by atoms with E-state index in [-0.39, 0.29) is 12.1 Å². The van der Waals surface area contributed by atoms with Gasteiger partial charge in [-0.05, 0) is 37.6 Å². The van der Waals surface area contributed by atoms with Gasteiger partial charge >= 0.3 is 0 Å². The third-order valence-corrected chi connectivity index (χ3v) is 3.26. The Labute approximate surface area is 133 Å². The third-order valence-electron chi connectivity index (χ3n) is 3.26. The second-order valence-corrected chi connectivity index (χ2v) is 5.15. The average Bonchev–Trinajstić information content (AvgIpc) is 2.52. The maximum atomic E-state index is 13.4. The molecule has 120 valence electrons. The summed E-state index contributed by atoms with van der Waals surface area (Å²) in [7, 11) is 0. The number of rotatable bonds is 4. The van der Waals surface area contributed by atoms with Gasteiger partial charge in [-0.2, -0.15) is 0 Å². The van der Waals surface area contributed by atoms with Gasteiger partial charge < -0.3 is 5.32 Å². The fraction of sp³-hybridized carbons (Fsp3) is 0.176. The summed E-state index contributed by atoms with van der Waals surface area (Å²) in [5.41, 5.74) is 7.29. The number of hydrazine groups is 1. The van der Waals surface area contributed by atoms with Gasteiger partial charge in [-0.1, -0.05) is 29.8 Å². The second-order valence-electron chi connectivity index (χ2n) is 5.15. The zero-order valence-corrected chi connectivity index (χ0v) is 12.9. The van der Waals surface area contributed by atoms with Gasteiger partial charge in [0, 0.05) is 5.69 Å². The molecule has 0 saturated carbocycles. The third kappa shape index (κ3) is 4.54. The molecule has 2 amide bonds. The summed E-state index contributed by atoms with van der Waals surface area (Å²) in [5, 5.41) is 2.98. The SMILES string of the molecule is Cc1ccc(NCC(=O)NNC(=O)c2ccccc2F)c(C)c1. The Balaban J connectivity index is 1.83. The largest absolute Gasteiger partial charge is 0.376 e. The molecule has 0 bridgehead atoms. The Morgan fingerprint density at radius 2 is 1.78 bits per heavy atom. The van der Waals surface area contributed by atoms with Crippen LogP contribution in [0.3, 0.4) is 0 Å². The highest BCUT2D eigenvalue weighted by Crippen LogP contribution is 2.15. The van der Waals surface area contributed by atoms with Crippen LogP contribution in [0.2, 0.25) is 0 Å². The first-order valence-electron chi connectivity index (χ1n) is 7.12. The van der Waals surface area contributed by atoms with E-state index in [1.165, 1.54) is 18.2 Å². The zero-order chi connectivity index (χ0) is 16.8. The average molecular weight is 315 g/mol. The van der Waals surface area contributed by atoms with Crippen molar-refractivity contribution in [3.8, 4) is 0 Å². The van der Waals surface area contributed by atoms with E-state index in [4.69, 9.17) is 0 Å². The van der Waals surface area contributed by atoms with E-state index >= 15 is 0 Å². The molecular formula is C17H18FN3O2. The number of hydrogen-bond donors (Lipinski definition) is 3. The molecule has 0 spiro atoms. The molecule has 0 saturated heterocycles. The van der Waals surface area contributed by atoms with Crippen molar-refractivity contribution in [3.63, 3.8) is 0 Å². The Morgan fingerprint density at radius 3 is 2.48 bits per heavy atom. The van der Waals surface area contributed by atoms with Crippen molar-refractivity contribution >= 4 is 17.5 Å². The summed E-state index contributed by atoms with van der Waals surface area (Å²) >= 11 is 0. The van der Waals surface area contributed by atoms with Crippen LogP contribution in [0.15, 0.2) is 42.5 Å². The minimum absolute atomic E-state index is 0.0124. The smallest absolute Gasteiger partial charge is 0.272 e. The van der Waals surface area contributed by atoms with Crippen LogP contribution in [0.1, 0.15) is 21.5 Å². The van der Waals surface area contributed by atoms with Gasteiger partial charge in [0.25, 0.3) is 11.8 Å². The molecule has 0 heterocycles. The molecule has 0 radical (unpaired) electrons. The topological polar surface area (TPSA) is 70.2 Å². The van der Waals surface area contributed by atoms with Crippen molar-refractivity contribution < 1.29 is 14.0 Å². The van der Waals surface area contributed by atoms with Crippen LogP contribution in [0, 0.1) is 19.7 Å². The molecule has 0 aromatic heterocycles. The number of halogens is 1. The molecule has 2 rings (SSSR count). The van der Waals surface area contributed by atoms with Crippen molar-refractivity contribution in [1.29, 1.82) is 0 Å². The summed E-state index contributed by atoms with van der Waals surface area (Å²) in [5.74, 6) is -1.79. The van der Waals surface area contributed by atoms with Crippen LogP contribution in [0.4, 0.5) is 10.1 Å². The van der Waals surface area contributed by atoms with Crippen LogP contribution in [-0.2, 0) is 4.79 Å². The van der Waals surface area contributed by atoms with Gasteiger partial charge in [0.2, 0.25) is 0 Å². The molecule has 0 aliphatic heterocycles. The van der Waals surface area contributed by atoms with Gasteiger partial charge in [0.05, 0.1) is 12.1 Å². The maximum absolute atomic E-state index is 13.4. The normalized spacial score (nSPS) is 10.0. The fourth-order valence-electron chi connectivity index (χ4n) is 2.07. The number of carbonyl (C=O) groups excluding carboxylic acids is 2. The zero-order valence-electron chi connectivity index (χ0n) is 12.9. The number of hydrogen-bond acceptors (Lipinski definition) is 3. The van der Waals surface area contributed by atoms with Crippen LogP contribution in [-0.4, -0.2) is 18.4 Å². The number of carbonyl (C=O) groups is 2. The van der Waals surface area contributed by atoms with Crippen LogP contribution < -0.4 is 16.2 Å². The maximum Gasteiger partial charge on any atom is 0.272 e. The van der Waals surface area contributed by atoms with Crippen molar-refractivity contribution in [2.75, 3.05) is 11.9 Å². The van der Waals surface area contributed by atoms with E-state index in [0.717, 1.165) is 16.8 Å². The van der Waals surface area contributed by atoms with Gasteiger partial charge in [-0.25, -0.2) is 4.39 Å². The molecule has 6 heteroatoms. The molecule has 0 fully saturated rings. The summed E-state index contributed by atoms with van der Waals surface area (Å²) in [6, 6.07) is 11.4. The van der Waals surface area contributed by atoms with Gasteiger partial charge in [-0.15, -0.1) is 0 Å². The van der Waals surface area contributed by atoms with Crippen molar-refractivity contribution in [2.45, 2.75) is 13.8 Å². The highest BCUT2D eigenvalue weighted by Gasteiger charge is 2.11. The van der Waals surface area contributed by atoms with E-state index in [2.05, 4.69) is 16.2 Å². The van der Waals surface area contributed by atoms with E-state index in [0.29, 0.717) is 0 Å². The van der Waals surface area contributed by atoms with E-state index in [1.807, 2.05) is 32.0 Å². The molecule has 23 heavy (non-hydrogen) atoms. The van der Waals surface area contributed by atoms with Crippen molar-refractivity contribution in [2.24, 2.45) is 0 Å². The van der Waals surface area contributed by atoms with Crippen LogP contribution >= 0.6 is 0 Å². The lowest BCUT2D eigenvalue weighted by Crippen LogP contribution is -2.44. The minimum Gasteiger partial charge on any atom is -0.376 e. The minimum atomic E-state index is -0.706. The first-order chi connectivity index (χ1) is 11.0. The number of aryl methyl sites for hydroxylation is 2. The Bertz CT molecular complexity index is 732. The summed E-state index contributed by atoms with van der Waals surface area (Å²) in [6.45, 7) is 3.91. The number of anilines is 1. The lowest BCUT2D eigenvalue weighted by atomic mass is 10.1. The highest BCUT2D eigenvalue weighted by molar-refractivity contribution is 5.95. The predicted octanol–water partition coefficient (Wildman–Crippen LogP) is 2.32. The molecule has 3 N–H and O–H groups in total. The molecule has 2 aromatic carbocycles. The predicted molar refractivity (Wildman–Crippen MR) is 86.4 cm³/mol. The van der Waals surface area contributed by atoms with E-state index < -0.39 is 17.6 Å². The Morgan fingerprint density at radius 1 is 1.04 bits per heavy atom. The number of amides is 2. The number of benzene rings is 2. The first kappa shape index (κ1) is 16.5. The quantitative estimate of drug-likeness (QED) is 0.758. The van der Waals surface area contributed by atoms with E-state index in [9.17, 15) is 14.0 Å². The molecular weight excluding hydrogens is 297 g/mol. The van der Waals surface area contributed by atoms with Gasteiger partial charge in [0.15, 0.2) is 0 Å². The standard InChI is InChI=1S/C17H18FN3O2/c1-11-7-8-15(12(2)9-11)19-10-16(22)20-21-17(23)13-5-3-4-6-14(13)18/h3-9,19H,10H2,1-2H3,(H,20,22)(H,21,23). The lowest BCUT2D eigenvalue weighted by Gasteiger charge is -2.11. The lowest BCUT2D eigenvalue weighted by molar-refractivity contribution is -0.120. The Hall–Kier alpha value is -2.89. The Kier molecular flexibility index (Phi) is 5.30. The molecule has 0 aliphatic rings. The summed E-state index contributed by atoms with van der Waals surface area (Å²) in [6.07, 6.45) is 0. The molecule has 0 atom stereocenters. The fourth-order valence-corrected chi connectivity index (χ4v) is 2.07. The molecule has 5 nitrogen and oxygen atoms in total. The van der Waals surface area contributed by atoms with E-state index in [1.54, 1.807) is 6.07 Å². The van der Waals surface area contributed by atoms with Gasteiger partial charge in [-0.3, -0.25) is 20.4 Å². The highest BCUT2D eigenvalue weighted by atomic mass is 19.1.